The molecule has 0 atom stereocenters. The average Bonchev–Trinajstić information content (AvgIpc) is 1.78. The van der Waals surface area contributed by atoms with Crippen LogP contribution in [0.5, 0.6) is 0 Å². The van der Waals surface area contributed by atoms with Crippen molar-refractivity contribution in [1.29, 1.82) is 0 Å². The summed E-state index contributed by atoms with van der Waals surface area (Å²) in [5.74, 6) is -2.09. The van der Waals surface area contributed by atoms with E-state index < -0.39 is 5.92 Å². The zero-order chi connectivity index (χ0) is 8.91. The molecule has 0 aromatic heterocycles. The third-order valence-corrected chi connectivity index (χ3v) is 1.96. The Kier molecular flexibility index (Phi) is 4.65. The smallest absolute Gasteiger partial charge is 0.245 e. The molecule has 0 aliphatic rings. The van der Waals surface area contributed by atoms with Gasteiger partial charge >= 0.3 is 0 Å². The fourth-order valence-electron chi connectivity index (χ4n) is 0.598. The number of carbonyl (C=O) groups excluding carboxylic acids is 1. The molecule has 0 aromatic rings. The van der Waals surface area contributed by atoms with Gasteiger partial charge in [-0.2, -0.15) is 0 Å². The van der Waals surface area contributed by atoms with Crippen molar-refractivity contribution >= 4 is 16.9 Å². The summed E-state index contributed by atoms with van der Waals surface area (Å²) in [5, 5.41) is -0.00980. The molecule has 0 rings (SSSR count). The van der Waals surface area contributed by atoms with Gasteiger partial charge in [-0.1, -0.05) is 11.8 Å². The second-order valence-corrected chi connectivity index (χ2v) is 3.79. The molecular formula is C7H12F2OS. The molecule has 0 saturated heterocycles. The molecule has 0 amide bonds. The Morgan fingerprint density at radius 1 is 1.55 bits per heavy atom. The van der Waals surface area contributed by atoms with E-state index in [4.69, 9.17) is 0 Å². The van der Waals surface area contributed by atoms with Crippen LogP contribution in [0.1, 0.15) is 26.7 Å². The molecule has 66 valence electrons. The van der Waals surface area contributed by atoms with E-state index in [0.29, 0.717) is 12.2 Å². The molecule has 4 heteroatoms. The lowest BCUT2D eigenvalue weighted by Crippen LogP contribution is -2.09. The second-order valence-electron chi connectivity index (χ2n) is 2.51. The molecule has 1 nitrogen and oxygen atoms in total. The van der Waals surface area contributed by atoms with E-state index >= 15 is 0 Å². The molecule has 0 heterocycles. The number of thioether (sulfide) groups is 1. The van der Waals surface area contributed by atoms with Crippen molar-refractivity contribution in [3.05, 3.63) is 0 Å². The molecule has 0 radical (unpaired) electrons. The zero-order valence-electron chi connectivity index (χ0n) is 6.69. The summed E-state index contributed by atoms with van der Waals surface area (Å²) in [6, 6.07) is 0. The van der Waals surface area contributed by atoms with Crippen molar-refractivity contribution in [2.75, 3.05) is 5.75 Å². The minimum Gasteiger partial charge on any atom is -0.288 e. The minimum absolute atomic E-state index is 0.00980. The molecule has 0 aliphatic heterocycles. The Hall–Kier alpha value is -0.120. The van der Waals surface area contributed by atoms with Crippen molar-refractivity contribution in [3.63, 3.8) is 0 Å². The van der Waals surface area contributed by atoms with Gasteiger partial charge in [0.15, 0.2) is 5.12 Å². The van der Waals surface area contributed by atoms with E-state index in [-0.39, 0.29) is 11.5 Å². The van der Waals surface area contributed by atoms with E-state index in [1.165, 1.54) is 6.92 Å². The first-order chi connectivity index (χ1) is 4.92. The summed E-state index contributed by atoms with van der Waals surface area (Å²) in [7, 11) is 0. The van der Waals surface area contributed by atoms with Gasteiger partial charge in [-0.3, -0.25) is 4.79 Å². The standard InChI is InChI=1S/C7H12F2OS/c1-6(10)11-5-3-4-7(2,8)9/h3-5H2,1-2H3. The van der Waals surface area contributed by atoms with Gasteiger partial charge in [0, 0.05) is 19.1 Å². The molecular weight excluding hydrogens is 170 g/mol. The Bertz CT molecular complexity index is 131. The number of alkyl halides is 2. The summed E-state index contributed by atoms with van der Waals surface area (Å²) in [4.78, 5) is 10.3. The van der Waals surface area contributed by atoms with Crippen LogP contribution >= 0.6 is 11.8 Å². The van der Waals surface area contributed by atoms with Crippen LogP contribution in [0.2, 0.25) is 0 Å². The molecule has 0 aromatic carbocycles. The maximum atomic E-state index is 12.2. The highest BCUT2D eigenvalue weighted by Crippen LogP contribution is 2.20. The summed E-state index contributed by atoms with van der Waals surface area (Å²) < 4.78 is 24.3. The maximum absolute atomic E-state index is 12.2. The van der Waals surface area contributed by atoms with E-state index in [2.05, 4.69) is 0 Å². The fraction of sp³-hybridized carbons (Fsp3) is 0.857. The molecule has 0 N–H and O–H groups in total. The fourth-order valence-corrected chi connectivity index (χ4v) is 1.17. The van der Waals surface area contributed by atoms with Gasteiger partial charge in [-0.15, -0.1) is 0 Å². The van der Waals surface area contributed by atoms with Crippen LogP contribution in [0.25, 0.3) is 0 Å². The first-order valence-electron chi connectivity index (χ1n) is 3.43. The van der Waals surface area contributed by atoms with Crippen LogP contribution in [-0.4, -0.2) is 16.8 Å². The highest BCUT2D eigenvalue weighted by molar-refractivity contribution is 8.13. The topological polar surface area (TPSA) is 17.1 Å². The average molecular weight is 182 g/mol. The SMILES string of the molecule is CC(=O)SCCCC(C)(F)F. The van der Waals surface area contributed by atoms with Crippen LogP contribution in [0.15, 0.2) is 0 Å². The van der Waals surface area contributed by atoms with Gasteiger partial charge in [0.2, 0.25) is 5.92 Å². The Morgan fingerprint density at radius 3 is 2.45 bits per heavy atom. The van der Waals surface area contributed by atoms with Gasteiger partial charge in [0.25, 0.3) is 0 Å². The largest absolute Gasteiger partial charge is 0.288 e. The van der Waals surface area contributed by atoms with Crippen LogP contribution < -0.4 is 0 Å². The summed E-state index contributed by atoms with van der Waals surface area (Å²) in [5.41, 5.74) is 0. The summed E-state index contributed by atoms with van der Waals surface area (Å²) in [6.45, 7) is 2.33. The maximum Gasteiger partial charge on any atom is 0.245 e. The second kappa shape index (κ2) is 4.70. The molecule has 0 aliphatic carbocycles. The first-order valence-corrected chi connectivity index (χ1v) is 4.41. The third-order valence-electron chi connectivity index (χ3n) is 1.07. The highest BCUT2D eigenvalue weighted by Gasteiger charge is 2.19. The number of hydrogen-bond donors (Lipinski definition) is 0. The lowest BCUT2D eigenvalue weighted by molar-refractivity contribution is -0.109. The van der Waals surface area contributed by atoms with Gasteiger partial charge < -0.3 is 0 Å². The zero-order valence-corrected chi connectivity index (χ0v) is 7.51. The Labute approximate surface area is 69.5 Å². The van der Waals surface area contributed by atoms with Crippen molar-refractivity contribution in [1.82, 2.24) is 0 Å². The summed E-state index contributed by atoms with van der Waals surface area (Å²) >= 11 is 1.10. The predicted octanol–water partition coefficient (Wildman–Crippen LogP) is 2.70. The normalized spacial score (nSPS) is 11.6. The number of carbonyl (C=O) groups is 1. The Morgan fingerprint density at radius 2 is 2.09 bits per heavy atom. The van der Waals surface area contributed by atoms with E-state index in [1.807, 2.05) is 0 Å². The van der Waals surface area contributed by atoms with Gasteiger partial charge in [-0.25, -0.2) is 8.78 Å². The Balaban J connectivity index is 3.22. The quantitative estimate of drug-likeness (QED) is 0.622. The number of halogens is 2. The van der Waals surface area contributed by atoms with Crippen molar-refractivity contribution in [2.45, 2.75) is 32.6 Å². The van der Waals surface area contributed by atoms with Crippen LogP contribution in [-0.2, 0) is 4.79 Å². The first kappa shape index (κ1) is 10.9. The predicted molar refractivity (Wildman–Crippen MR) is 43.0 cm³/mol. The molecule has 0 saturated carbocycles. The van der Waals surface area contributed by atoms with Crippen LogP contribution in [0, 0.1) is 0 Å². The van der Waals surface area contributed by atoms with E-state index in [9.17, 15) is 13.6 Å². The lowest BCUT2D eigenvalue weighted by atomic mass is 10.2. The van der Waals surface area contributed by atoms with Crippen LogP contribution in [0.4, 0.5) is 8.78 Å². The molecule has 0 unspecified atom stereocenters. The molecule has 0 bridgehead atoms. The summed E-state index contributed by atoms with van der Waals surface area (Å²) in [6.07, 6.45) is 0.265. The number of hydrogen-bond acceptors (Lipinski definition) is 2. The van der Waals surface area contributed by atoms with Gasteiger partial charge in [0.1, 0.15) is 0 Å². The van der Waals surface area contributed by atoms with Crippen molar-refractivity contribution in [2.24, 2.45) is 0 Å². The highest BCUT2D eigenvalue weighted by atomic mass is 32.2. The molecule has 0 spiro atoms. The van der Waals surface area contributed by atoms with Crippen molar-refractivity contribution < 1.29 is 13.6 Å². The van der Waals surface area contributed by atoms with E-state index in [1.54, 1.807) is 0 Å². The molecule has 11 heavy (non-hydrogen) atoms. The van der Waals surface area contributed by atoms with Gasteiger partial charge in [-0.05, 0) is 13.3 Å². The number of rotatable bonds is 4. The minimum atomic E-state index is -2.59. The third kappa shape index (κ3) is 9.88. The van der Waals surface area contributed by atoms with Gasteiger partial charge in [0.05, 0.1) is 0 Å². The van der Waals surface area contributed by atoms with E-state index in [0.717, 1.165) is 18.7 Å². The van der Waals surface area contributed by atoms with Crippen molar-refractivity contribution in [3.8, 4) is 0 Å². The van der Waals surface area contributed by atoms with Crippen LogP contribution in [0.3, 0.4) is 0 Å². The lowest BCUT2D eigenvalue weighted by Gasteiger charge is -2.07. The molecule has 0 fully saturated rings. The monoisotopic (exact) mass is 182 g/mol.